The number of nitrogens with zero attached hydrogens (tertiary/aromatic N) is 1. The van der Waals surface area contributed by atoms with E-state index in [4.69, 9.17) is 0 Å². The van der Waals surface area contributed by atoms with Gasteiger partial charge in [0.25, 0.3) is 0 Å². The van der Waals surface area contributed by atoms with Gasteiger partial charge < -0.3 is 10.0 Å². The predicted molar refractivity (Wildman–Crippen MR) is 66.3 cm³/mol. The van der Waals surface area contributed by atoms with Crippen molar-refractivity contribution in [1.82, 2.24) is 4.90 Å². The SMILES string of the molecule is CN1CCCCC1C[C@@H](O)c1ccccc1. The highest BCUT2D eigenvalue weighted by atomic mass is 16.3. The maximum absolute atomic E-state index is 10.2. The van der Waals surface area contributed by atoms with Crippen LogP contribution in [0, 0.1) is 0 Å². The highest BCUT2D eigenvalue weighted by molar-refractivity contribution is 5.17. The Kier molecular flexibility index (Phi) is 3.97. The van der Waals surface area contributed by atoms with Crippen molar-refractivity contribution >= 4 is 0 Å². The summed E-state index contributed by atoms with van der Waals surface area (Å²) in [4.78, 5) is 2.38. The number of rotatable bonds is 3. The van der Waals surface area contributed by atoms with E-state index in [0.29, 0.717) is 6.04 Å². The molecule has 88 valence electrons. The van der Waals surface area contributed by atoms with Crippen molar-refractivity contribution in [2.75, 3.05) is 13.6 Å². The summed E-state index contributed by atoms with van der Waals surface area (Å²) in [6.07, 6.45) is 4.37. The van der Waals surface area contributed by atoms with Crippen LogP contribution in [0.15, 0.2) is 30.3 Å². The van der Waals surface area contributed by atoms with Crippen LogP contribution in [0.5, 0.6) is 0 Å². The third-order valence-corrected chi connectivity index (χ3v) is 3.60. The molecule has 1 aromatic carbocycles. The van der Waals surface area contributed by atoms with Crippen LogP contribution in [-0.4, -0.2) is 29.6 Å². The molecule has 1 unspecified atom stereocenters. The lowest BCUT2D eigenvalue weighted by molar-refractivity contribution is 0.0944. The first-order chi connectivity index (χ1) is 7.77. The van der Waals surface area contributed by atoms with E-state index in [-0.39, 0.29) is 6.10 Å². The van der Waals surface area contributed by atoms with Gasteiger partial charge in [-0.15, -0.1) is 0 Å². The van der Waals surface area contributed by atoms with Gasteiger partial charge in [-0.1, -0.05) is 36.8 Å². The lowest BCUT2D eigenvalue weighted by atomic mass is 9.95. The molecule has 16 heavy (non-hydrogen) atoms. The second kappa shape index (κ2) is 5.46. The van der Waals surface area contributed by atoms with Crippen molar-refractivity contribution < 1.29 is 5.11 Å². The molecule has 0 spiro atoms. The molecule has 0 aliphatic carbocycles. The summed E-state index contributed by atoms with van der Waals surface area (Å²) in [6.45, 7) is 1.17. The average molecular weight is 219 g/mol. The Morgan fingerprint density at radius 1 is 1.31 bits per heavy atom. The average Bonchev–Trinajstić information content (AvgIpc) is 2.33. The molecule has 1 aliphatic heterocycles. The molecular formula is C14H21NO. The number of hydrogen-bond acceptors (Lipinski definition) is 2. The Bertz CT molecular complexity index is 312. The Balaban J connectivity index is 1.94. The summed E-state index contributed by atoms with van der Waals surface area (Å²) in [5.41, 5.74) is 1.04. The van der Waals surface area contributed by atoms with E-state index in [1.807, 2.05) is 30.3 Å². The van der Waals surface area contributed by atoms with Gasteiger partial charge in [-0.3, -0.25) is 0 Å². The molecule has 2 heteroatoms. The van der Waals surface area contributed by atoms with Crippen LogP contribution < -0.4 is 0 Å². The van der Waals surface area contributed by atoms with Gasteiger partial charge >= 0.3 is 0 Å². The zero-order valence-corrected chi connectivity index (χ0v) is 9.97. The molecule has 2 rings (SSSR count). The summed E-state index contributed by atoms with van der Waals surface area (Å²) in [5.74, 6) is 0. The lowest BCUT2D eigenvalue weighted by Gasteiger charge is -2.33. The molecule has 0 saturated carbocycles. The van der Waals surface area contributed by atoms with Crippen LogP contribution in [0.4, 0.5) is 0 Å². The Morgan fingerprint density at radius 3 is 2.75 bits per heavy atom. The quantitative estimate of drug-likeness (QED) is 0.844. The van der Waals surface area contributed by atoms with E-state index in [1.54, 1.807) is 0 Å². The number of piperidine rings is 1. The Morgan fingerprint density at radius 2 is 2.06 bits per heavy atom. The summed E-state index contributed by atoms with van der Waals surface area (Å²) in [6, 6.07) is 10.5. The van der Waals surface area contributed by atoms with Gasteiger partial charge in [-0.25, -0.2) is 0 Å². The standard InChI is InChI=1S/C14H21NO/c1-15-10-6-5-9-13(15)11-14(16)12-7-3-2-4-8-12/h2-4,7-8,13-14,16H,5-6,9-11H2,1H3/t13?,14-/m1/s1. The van der Waals surface area contributed by atoms with Crippen molar-refractivity contribution in [2.45, 2.75) is 37.8 Å². The van der Waals surface area contributed by atoms with Gasteiger partial charge in [0.15, 0.2) is 0 Å². The molecule has 1 aliphatic rings. The van der Waals surface area contributed by atoms with Gasteiger partial charge in [0.1, 0.15) is 0 Å². The minimum atomic E-state index is -0.313. The molecule has 2 atom stereocenters. The minimum absolute atomic E-state index is 0.313. The van der Waals surface area contributed by atoms with Gasteiger partial charge in [0, 0.05) is 6.04 Å². The number of hydrogen-bond donors (Lipinski definition) is 1. The van der Waals surface area contributed by atoms with Crippen molar-refractivity contribution in [3.63, 3.8) is 0 Å². The van der Waals surface area contributed by atoms with Crippen LogP contribution in [-0.2, 0) is 0 Å². The number of aliphatic hydroxyl groups is 1. The van der Waals surface area contributed by atoms with Crippen LogP contribution in [0.25, 0.3) is 0 Å². The fourth-order valence-corrected chi connectivity index (χ4v) is 2.51. The van der Waals surface area contributed by atoms with E-state index in [1.165, 1.54) is 25.8 Å². The minimum Gasteiger partial charge on any atom is -0.388 e. The van der Waals surface area contributed by atoms with Crippen molar-refractivity contribution in [2.24, 2.45) is 0 Å². The fraction of sp³-hybridized carbons (Fsp3) is 0.571. The fourth-order valence-electron chi connectivity index (χ4n) is 2.51. The van der Waals surface area contributed by atoms with Crippen LogP contribution in [0.3, 0.4) is 0 Å². The third kappa shape index (κ3) is 2.83. The molecule has 0 bridgehead atoms. The van der Waals surface area contributed by atoms with E-state index >= 15 is 0 Å². The number of benzene rings is 1. The molecule has 1 aromatic rings. The van der Waals surface area contributed by atoms with Crippen LogP contribution >= 0.6 is 0 Å². The van der Waals surface area contributed by atoms with Crippen molar-refractivity contribution in [3.05, 3.63) is 35.9 Å². The summed E-state index contributed by atoms with van der Waals surface area (Å²) >= 11 is 0. The van der Waals surface area contributed by atoms with Crippen LogP contribution in [0.1, 0.15) is 37.4 Å². The monoisotopic (exact) mass is 219 g/mol. The van der Waals surface area contributed by atoms with E-state index in [9.17, 15) is 5.11 Å². The van der Waals surface area contributed by atoms with Gasteiger partial charge in [0.2, 0.25) is 0 Å². The van der Waals surface area contributed by atoms with Crippen molar-refractivity contribution in [1.29, 1.82) is 0 Å². The lowest BCUT2D eigenvalue weighted by Crippen LogP contribution is -2.37. The Hall–Kier alpha value is -0.860. The second-order valence-corrected chi connectivity index (χ2v) is 4.79. The maximum Gasteiger partial charge on any atom is 0.0805 e. The highest BCUT2D eigenvalue weighted by Crippen LogP contribution is 2.25. The zero-order chi connectivity index (χ0) is 11.4. The topological polar surface area (TPSA) is 23.5 Å². The molecule has 0 amide bonds. The molecule has 2 nitrogen and oxygen atoms in total. The van der Waals surface area contributed by atoms with E-state index in [2.05, 4.69) is 11.9 Å². The van der Waals surface area contributed by atoms with E-state index < -0.39 is 0 Å². The predicted octanol–water partition coefficient (Wildman–Crippen LogP) is 2.59. The molecule has 1 heterocycles. The molecule has 1 fully saturated rings. The van der Waals surface area contributed by atoms with Gasteiger partial charge in [0.05, 0.1) is 6.10 Å². The third-order valence-electron chi connectivity index (χ3n) is 3.60. The molecular weight excluding hydrogens is 198 g/mol. The smallest absolute Gasteiger partial charge is 0.0805 e. The summed E-state index contributed by atoms with van der Waals surface area (Å²) in [7, 11) is 2.17. The first kappa shape index (κ1) is 11.6. The largest absolute Gasteiger partial charge is 0.388 e. The highest BCUT2D eigenvalue weighted by Gasteiger charge is 2.22. The normalized spacial score (nSPS) is 24.2. The van der Waals surface area contributed by atoms with E-state index in [0.717, 1.165) is 12.0 Å². The maximum atomic E-state index is 10.2. The van der Waals surface area contributed by atoms with Gasteiger partial charge in [-0.05, 0) is 38.4 Å². The summed E-state index contributed by atoms with van der Waals surface area (Å²) < 4.78 is 0. The molecule has 0 radical (unpaired) electrons. The van der Waals surface area contributed by atoms with Gasteiger partial charge in [-0.2, -0.15) is 0 Å². The molecule has 1 N–H and O–H groups in total. The van der Waals surface area contributed by atoms with Crippen LogP contribution in [0.2, 0.25) is 0 Å². The Labute approximate surface area is 97.9 Å². The first-order valence-corrected chi connectivity index (χ1v) is 6.20. The number of likely N-dealkylation sites (tertiary alicyclic amines) is 1. The van der Waals surface area contributed by atoms with Crippen molar-refractivity contribution in [3.8, 4) is 0 Å². The number of aliphatic hydroxyl groups excluding tert-OH is 1. The zero-order valence-electron chi connectivity index (χ0n) is 9.97. The second-order valence-electron chi connectivity index (χ2n) is 4.79. The first-order valence-electron chi connectivity index (χ1n) is 6.20. The molecule has 1 saturated heterocycles. The molecule has 0 aromatic heterocycles. The summed E-state index contributed by atoms with van der Waals surface area (Å²) in [5, 5.41) is 10.2.